The highest BCUT2D eigenvalue weighted by atomic mass is 16.2. The molecule has 8 heteroatoms. The van der Waals surface area contributed by atoms with E-state index in [1.165, 1.54) is 15.9 Å². The van der Waals surface area contributed by atoms with E-state index in [0.29, 0.717) is 16.9 Å². The predicted octanol–water partition coefficient (Wildman–Crippen LogP) is 1.68. The molecule has 2 aromatic carbocycles. The van der Waals surface area contributed by atoms with Gasteiger partial charge in [0.2, 0.25) is 5.91 Å². The Bertz CT molecular complexity index is 906. The maximum absolute atomic E-state index is 12.8. The van der Waals surface area contributed by atoms with Crippen molar-refractivity contribution in [2.75, 3.05) is 18.9 Å². The first-order valence-electron chi connectivity index (χ1n) is 7.99. The second-order valence-corrected chi connectivity index (χ2v) is 5.85. The fraction of sp³-hybridized carbons (Fsp3) is 0.167. The minimum atomic E-state index is -0.296. The number of tetrazole rings is 1. The Balaban J connectivity index is 1.70. The average Bonchev–Trinajstić information content (AvgIpc) is 3.17. The third kappa shape index (κ3) is 3.92. The van der Waals surface area contributed by atoms with Crippen molar-refractivity contribution < 1.29 is 9.59 Å². The summed E-state index contributed by atoms with van der Waals surface area (Å²) in [5.41, 5.74) is 2.75. The zero-order valence-electron chi connectivity index (χ0n) is 14.5. The van der Waals surface area contributed by atoms with Gasteiger partial charge in [0.1, 0.15) is 6.33 Å². The van der Waals surface area contributed by atoms with E-state index in [1.54, 1.807) is 31.3 Å². The van der Waals surface area contributed by atoms with E-state index in [4.69, 9.17) is 0 Å². The van der Waals surface area contributed by atoms with Gasteiger partial charge in [-0.05, 0) is 41.6 Å². The van der Waals surface area contributed by atoms with Crippen LogP contribution in [0.4, 0.5) is 5.69 Å². The largest absolute Gasteiger partial charge is 0.332 e. The van der Waals surface area contributed by atoms with E-state index in [1.807, 2.05) is 31.2 Å². The minimum absolute atomic E-state index is 0.0728. The van der Waals surface area contributed by atoms with E-state index < -0.39 is 0 Å². The summed E-state index contributed by atoms with van der Waals surface area (Å²) in [6.45, 7) is 1.90. The van der Waals surface area contributed by atoms with Crippen LogP contribution in [0.15, 0.2) is 54.9 Å². The third-order valence-corrected chi connectivity index (χ3v) is 3.79. The number of anilines is 1. The van der Waals surface area contributed by atoms with Gasteiger partial charge in [-0.15, -0.1) is 5.10 Å². The van der Waals surface area contributed by atoms with E-state index in [9.17, 15) is 9.59 Å². The molecule has 3 rings (SSSR count). The number of rotatable bonds is 5. The summed E-state index contributed by atoms with van der Waals surface area (Å²) in [6.07, 6.45) is 1.41. The van der Waals surface area contributed by atoms with Crippen LogP contribution in [0.3, 0.4) is 0 Å². The second kappa shape index (κ2) is 7.56. The first-order chi connectivity index (χ1) is 12.5. The number of hydrogen-bond donors (Lipinski definition) is 1. The first-order valence-corrected chi connectivity index (χ1v) is 7.99. The third-order valence-electron chi connectivity index (χ3n) is 3.79. The number of likely N-dealkylation sites (N-methyl/N-ethyl adjacent to an activating group) is 1. The topological polar surface area (TPSA) is 93.0 Å². The quantitative estimate of drug-likeness (QED) is 0.756. The molecular weight excluding hydrogens is 332 g/mol. The van der Waals surface area contributed by atoms with Crippen LogP contribution in [0.2, 0.25) is 0 Å². The lowest BCUT2D eigenvalue weighted by Crippen LogP contribution is -2.35. The monoisotopic (exact) mass is 350 g/mol. The van der Waals surface area contributed by atoms with Gasteiger partial charge >= 0.3 is 0 Å². The van der Waals surface area contributed by atoms with Crippen LogP contribution in [0.1, 0.15) is 15.9 Å². The van der Waals surface area contributed by atoms with E-state index in [2.05, 4.69) is 20.8 Å². The zero-order valence-corrected chi connectivity index (χ0v) is 14.5. The number of para-hydroxylation sites is 1. The van der Waals surface area contributed by atoms with Gasteiger partial charge in [0, 0.05) is 12.7 Å². The van der Waals surface area contributed by atoms with Crippen molar-refractivity contribution in [1.29, 1.82) is 0 Å². The molecule has 0 spiro atoms. The Hall–Kier alpha value is -3.55. The van der Waals surface area contributed by atoms with Gasteiger partial charge in [-0.2, -0.15) is 4.68 Å². The number of nitrogens with one attached hydrogen (secondary N) is 1. The van der Waals surface area contributed by atoms with Crippen LogP contribution in [0, 0.1) is 6.92 Å². The fourth-order valence-corrected chi connectivity index (χ4v) is 2.46. The Labute approximate surface area is 150 Å². The predicted molar refractivity (Wildman–Crippen MR) is 95.9 cm³/mol. The number of hydrogen-bond acceptors (Lipinski definition) is 5. The van der Waals surface area contributed by atoms with E-state index in [0.717, 1.165) is 5.56 Å². The summed E-state index contributed by atoms with van der Waals surface area (Å²) in [5, 5.41) is 13.8. The van der Waals surface area contributed by atoms with Gasteiger partial charge in [0.15, 0.2) is 0 Å². The lowest BCUT2D eigenvalue weighted by atomic mass is 10.1. The number of nitrogens with zero attached hydrogens (tertiary/aromatic N) is 5. The molecule has 0 aliphatic rings. The maximum Gasteiger partial charge on any atom is 0.256 e. The fourth-order valence-electron chi connectivity index (χ4n) is 2.46. The second-order valence-electron chi connectivity index (χ2n) is 5.85. The van der Waals surface area contributed by atoms with Gasteiger partial charge in [-0.1, -0.05) is 29.8 Å². The van der Waals surface area contributed by atoms with Crippen LogP contribution in [0.5, 0.6) is 0 Å². The van der Waals surface area contributed by atoms with Crippen LogP contribution in [-0.2, 0) is 4.79 Å². The molecule has 0 atom stereocenters. The highest BCUT2D eigenvalue weighted by Crippen LogP contribution is 2.15. The summed E-state index contributed by atoms with van der Waals surface area (Å²) >= 11 is 0. The van der Waals surface area contributed by atoms with Crippen molar-refractivity contribution in [3.63, 3.8) is 0 Å². The molecule has 132 valence electrons. The molecule has 0 bridgehead atoms. The first kappa shape index (κ1) is 17.3. The summed E-state index contributed by atoms with van der Waals surface area (Å²) < 4.78 is 1.41. The Morgan fingerprint density at radius 1 is 1.12 bits per heavy atom. The molecule has 1 aromatic heterocycles. The molecule has 8 nitrogen and oxygen atoms in total. The summed E-state index contributed by atoms with van der Waals surface area (Å²) in [4.78, 5) is 26.3. The van der Waals surface area contributed by atoms with Gasteiger partial charge in [0.25, 0.3) is 5.91 Å². The van der Waals surface area contributed by atoms with Crippen molar-refractivity contribution in [2.24, 2.45) is 0 Å². The standard InChI is InChI=1S/C18H18N6O2/c1-13-7-9-14(10-8-13)20-17(25)11-23(2)18(26)15-5-3-4-6-16(15)24-12-19-21-22-24/h3-10,12H,11H2,1-2H3,(H,20,25). The van der Waals surface area contributed by atoms with Crippen molar-refractivity contribution in [3.8, 4) is 5.69 Å². The van der Waals surface area contributed by atoms with Gasteiger partial charge in [0.05, 0.1) is 17.8 Å². The van der Waals surface area contributed by atoms with Crippen LogP contribution >= 0.6 is 0 Å². The smallest absolute Gasteiger partial charge is 0.256 e. The number of aryl methyl sites for hydroxylation is 1. The molecule has 0 fully saturated rings. The van der Waals surface area contributed by atoms with Gasteiger partial charge < -0.3 is 10.2 Å². The van der Waals surface area contributed by atoms with Crippen LogP contribution in [-0.4, -0.2) is 50.5 Å². The lowest BCUT2D eigenvalue weighted by Gasteiger charge is -2.18. The number of benzene rings is 2. The van der Waals surface area contributed by atoms with E-state index in [-0.39, 0.29) is 18.4 Å². The summed E-state index contributed by atoms with van der Waals surface area (Å²) in [7, 11) is 1.58. The Morgan fingerprint density at radius 3 is 2.54 bits per heavy atom. The minimum Gasteiger partial charge on any atom is -0.332 e. The molecular formula is C18H18N6O2. The molecule has 0 unspecified atom stereocenters. The Morgan fingerprint density at radius 2 is 1.85 bits per heavy atom. The van der Waals surface area contributed by atoms with Crippen molar-refractivity contribution in [2.45, 2.75) is 6.92 Å². The molecule has 0 aliphatic heterocycles. The highest BCUT2D eigenvalue weighted by Gasteiger charge is 2.19. The SMILES string of the molecule is Cc1ccc(NC(=O)CN(C)C(=O)c2ccccc2-n2cnnn2)cc1. The highest BCUT2D eigenvalue weighted by molar-refractivity contribution is 6.01. The summed E-state index contributed by atoms with van der Waals surface area (Å²) in [5.74, 6) is -0.570. The van der Waals surface area contributed by atoms with Crippen LogP contribution in [0.25, 0.3) is 5.69 Å². The molecule has 2 amide bonds. The molecule has 0 aliphatic carbocycles. The lowest BCUT2D eigenvalue weighted by molar-refractivity contribution is -0.116. The van der Waals surface area contributed by atoms with Gasteiger partial charge in [-0.25, -0.2) is 0 Å². The van der Waals surface area contributed by atoms with Crippen molar-refractivity contribution in [3.05, 3.63) is 66.0 Å². The average molecular weight is 350 g/mol. The zero-order chi connectivity index (χ0) is 18.5. The maximum atomic E-state index is 12.8. The van der Waals surface area contributed by atoms with Crippen molar-refractivity contribution in [1.82, 2.24) is 25.1 Å². The molecule has 0 saturated heterocycles. The molecule has 1 N–H and O–H groups in total. The Kier molecular flexibility index (Phi) is 5.02. The number of amides is 2. The number of aromatic nitrogens is 4. The molecule has 1 heterocycles. The molecule has 26 heavy (non-hydrogen) atoms. The molecule has 0 saturated carbocycles. The molecule has 0 radical (unpaired) electrons. The number of carbonyl (C=O) groups excluding carboxylic acids is 2. The summed E-state index contributed by atoms with van der Waals surface area (Å²) in [6, 6.07) is 14.4. The van der Waals surface area contributed by atoms with Crippen molar-refractivity contribution >= 4 is 17.5 Å². The van der Waals surface area contributed by atoms with Gasteiger partial charge in [-0.3, -0.25) is 9.59 Å². The van der Waals surface area contributed by atoms with Crippen LogP contribution < -0.4 is 5.32 Å². The normalized spacial score (nSPS) is 10.4. The van der Waals surface area contributed by atoms with E-state index >= 15 is 0 Å². The number of carbonyl (C=O) groups is 2. The molecule has 3 aromatic rings.